The van der Waals surface area contributed by atoms with Gasteiger partial charge in [0.2, 0.25) is 0 Å². The van der Waals surface area contributed by atoms with Gasteiger partial charge < -0.3 is 10.4 Å². The maximum absolute atomic E-state index is 9.19. The Hall–Kier alpha value is -1.02. The first kappa shape index (κ1) is 9.53. The van der Waals surface area contributed by atoms with E-state index in [-0.39, 0.29) is 0 Å². The summed E-state index contributed by atoms with van der Waals surface area (Å²) in [6.45, 7) is 1.12. The second-order valence-corrected chi connectivity index (χ2v) is 3.95. The van der Waals surface area contributed by atoms with Crippen LogP contribution in [0.5, 0.6) is 5.75 Å². The molecule has 1 heterocycles. The first-order valence-electron chi connectivity index (χ1n) is 5.38. The first-order chi connectivity index (χ1) is 6.86. The molecule has 1 aromatic carbocycles. The predicted octanol–water partition coefficient (Wildman–Crippen LogP) is 2.60. The van der Waals surface area contributed by atoms with Gasteiger partial charge in [0, 0.05) is 6.04 Å². The average Bonchev–Trinajstić information content (AvgIpc) is 2.47. The van der Waals surface area contributed by atoms with Gasteiger partial charge in [-0.25, -0.2) is 0 Å². The molecule has 0 aromatic heterocycles. The molecule has 1 unspecified atom stereocenters. The quantitative estimate of drug-likeness (QED) is 0.715. The highest BCUT2D eigenvalue weighted by Gasteiger charge is 2.12. The minimum atomic E-state index is 0.349. The van der Waals surface area contributed by atoms with Crippen molar-refractivity contribution in [2.24, 2.45) is 0 Å². The zero-order chi connectivity index (χ0) is 9.80. The van der Waals surface area contributed by atoms with Gasteiger partial charge in [-0.05, 0) is 37.1 Å². The van der Waals surface area contributed by atoms with Gasteiger partial charge in [0.05, 0.1) is 0 Å². The Morgan fingerprint density at radius 1 is 1.07 bits per heavy atom. The maximum atomic E-state index is 9.19. The summed E-state index contributed by atoms with van der Waals surface area (Å²) in [5.41, 5.74) is 1.30. The molecular weight excluding hydrogens is 174 g/mol. The smallest absolute Gasteiger partial charge is 0.115 e. The Balaban J connectivity index is 2.08. The van der Waals surface area contributed by atoms with Gasteiger partial charge >= 0.3 is 0 Å². The second kappa shape index (κ2) is 4.47. The third-order valence-corrected chi connectivity index (χ3v) is 2.86. The normalized spacial score (nSPS) is 23.0. The summed E-state index contributed by atoms with van der Waals surface area (Å²) < 4.78 is 0. The van der Waals surface area contributed by atoms with Crippen LogP contribution in [0.15, 0.2) is 24.3 Å². The van der Waals surface area contributed by atoms with E-state index in [1.54, 1.807) is 12.1 Å². The molecule has 0 spiro atoms. The number of benzene rings is 1. The molecule has 2 nitrogen and oxygen atoms in total. The van der Waals surface area contributed by atoms with Crippen LogP contribution in [-0.4, -0.2) is 11.7 Å². The summed E-state index contributed by atoms with van der Waals surface area (Å²) >= 11 is 0. The van der Waals surface area contributed by atoms with Crippen molar-refractivity contribution in [1.82, 2.24) is 5.32 Å². The van der Waals surface area contributed by atoms with Crippen molar-refractivity contribution < 1.29 is 5.11 Å². The number of rotatable bonds is 1. The standard InChI is InChI=1S/C12H17NO/c14-11-7-5-10(6-8-11)12-4-2-1-3-9-13-12/h5-8,12-14H,1-4,9H2. The van der Waals surface area contributed by atoms with Gasteiger partial charge in [-0.1, -0.05) is 25.0 Å². The molecule has 2 heteroatoms. The minimum Gasteiger partial charge on any atom is -0.508 e. The van der Waals surface area contributed by atoms with Gasteiger partial charge in [-0.2, -0.15) is 0 Å². The predicted molar refractivity (Wildman–Crippen MR) is 57.3 cm³/mol. The highest BCUT2D eigenvalue weighted by molar-refractivity contribution is 5.28. The Morgan fingerprint density at radius 2 is 1.86 bits per heavy atom. The Bertz CT molecular complexity index is 273. The number of phenols is 1. The van der Waals surface area contributed by atoms with Gasteiger partial charge in [-0.3, -0.25) is 0 Å². The van der Waals surface area contributed by atoms with Crippen LogP contribution >= 0.6 is 0 Å². The van der Waals surface area contributed by atoms with Gasteiger partial charge in [0.1, 0.15) is 5.75 Å². The molecule has 2 rings (SSSR count). The number of nitrogens with one attached hydrogen (secondary N) is 1. The van der Waals surface area contributed by atoms with Crippen molar-refractivity contribution in [3.05, 3.63) is 29.8 Å². The number of hydrogen-bond acceptors (Lipinski definition) is 2. The Morgan fingerprint density at radius 3 is 2.64 bits per heavy atom. The van der Waals surface area contributed by atoms with E-state index in [0.717, 1.165) is 6.54 Å². The van der Waals surface area contributed by atoms with Crippen molar-refractivity contribution in [3.8, 4) is 5.75 Å². The Kier molecular flexibility index (Phi) is 3.04. The molecule has 1 atom stereocenters. The SMILES string of the molecule is Oc1ccc(C2CCCCCN2)cc1. The molecule has 0 saturated carbocycles. The van der Waals surface area contributed by atoms with Crippen LogP contribution in [0.1, 0.15) is 37.3 Å². The topological polar surface area (TPSA) is 32.3 Å². The molecule has 1 aromatic rings. The zero-order valence-electron chi connectivity index (χ0n) is 8.37. The molecule has 0 bridgehead atoms. The van der Waals surface area contributed by atoms with Crippen LogP contribution in [-0.2, 0) is 0 Å². The van der Waals surface area contributed by atoms with Crippen LogP contribution in [0.3, 0.4) is 0 Å². The minimum absolute atomic E-state index is 0.349. The highest BCUT2D eigenvalue weighted by Crippen LogP contribution is 2.23. The lowest BCUT2D eigenvalue weighted by atomic mass is 10.0. The summed E-state index contributed by atoms with van der Waals surface area (Å²) in [4.78, 5) is 0. The van der Waals surface area contributed by atoms with Crippen molar-refractivity contribution in [1.29, 1.82) is 0 Å². The monoisotopic (exact) mass is 191 g/mol. The summed E-state index contributed by atoms with van der Waals surface area (Å²) in [5, 5.41) is 12.7. The second-order valence-electron chi connectivity index (χ2n) is 3.95. The van der Waals surface area contributed by atoms with Crippen molar-refractivity contribution in [2.75, 3.05) is 6.54 Å². The molecule has 1 aliphatic rings. The van der Waals surface area contributed by atoms with Crippen LogP contribution < -0.4 is 5.32 Å². The fraction of sp³-hybridized carbons (Fsp3) is 0.500. The summed E-state index contributed by atoms with van der Waals surface area (Å²) in [6, 6.07) is 8.04. The van der Waals surface area contributed by atoms with Crippen molar-refractivity contribution in [2.45, 2.75) is 31.7 Å². The van der Waals surface area contributed by atoms with Crippen LogP contribution in [0.25, 0.3) is 0 Å². The molecular formula is C12H17NO. The molecule has 1 aliphatic heterocycles. The molecule has 76 valence electrons. The van der Waals surface area contributed by atoms with Crippen LogP contribution in [0, 0.1) is 0 Å². The van der Waals surface area contributed by atoms with E-state index in [0.29, 0.717) is 11.8 Å². The fourth-order valence-corrected chi connectivity index (χ4v) is 2.02. The van der Waals surface area contributed by atoms with E-state index in [1.165, 1.54) is 31.2 Å². The summed E-state index contributed by atoms with van der Waals surface area (Å²) in [7, 11) is 0. The lowest BCUT2D eigenvalue weighted by Crippen LogP contribution is -2.19. The van der Waals surface area contributed by atoms with Gasteiger partial charge in [0.25, 0.3) is 0 Å². The molecule has 0 aliphatic carbocycles. The van der Waals surface area contributed by atoms with E-state index in [9.17, 15) is 5.11 Å². The third kappa shape index (κ3) is 2.26. The molecule has 0 amide bonds. The lowest BCUT2D eigenvalue weighted by Gasteiger charge is -2.15. The maximum Gasteiger partial charge on any atom is 0.115 e. The summed E-state index contributed by atoms with van der Waals surface area (Å²) in [6.07, 6.45) is 5.14. The number of phenolic OH excluding ortho intramolecular Hbond substituents is 1. The Labute approximate surface area is 85.0 Å². The molecule has 1 saturated heterocycles. The van der Waals surface area contributed by atoms with Gasteiger partial charge in [-0.15, -0.1) is 0 Å². The van der Waals surface area contributed by atoms with E-state index >= 15 is 0 Å². The van der Waals surface area contributed by atoms with E-state index in [1.807, 2.05) is 12.1 Å². The van der Waals surface area contributed by atoms with E-state index < -0.39 is 0 Å². The lowest BCUT2D eigenvalue weighted by molar-refractivity contribution is 0.473. The largest absolute Gasteiger partial charge is 0.508 e. The fourth-order valence-electron chi connectivity index (χ4n) is 2.02. The molecule has 0 radical (unpaired) electrons. The average molecular weight is 191 g/mol. The van der Waals surface area contributed by atoms with Crippen LogP contribution in [0.2, 0.25) is 0 Å². The highest BCUT2D eigenvalue weighted by atomic mass is 16.3. The number of aromatic hydroxyl groups is 1. The van der Waals surface area contributed by atoms with Crippen molar-refractivity contribution in [3.63, 3.8) is 0 Å². The van der Waals surface area contributed by atoms with Crippen molar-refractivity contribution >= 4 is 0 Å². The molecule has 2 N–H and O–H groups in total. The summed E-state index contributed by atoms with van der Waals surface area (Å²) in [5.74, 6) is 0.349. The van der Waals surface area contributed by atoms with Crippen LogP contribution in [0.4, 0.5) is 0 Å². The van der Waals surface area contributed by atoms with Gasteiger partial charge in [0.15, 0.2) is 0 Å². The molecule has 1 fully saturated rings. The first-order valence-corrected chi connectivity index (χ1v) is 5.38. The van der Waals surface area contributed by atoms with E-state index in [4.69, 9.17) is 0 Å². The molecule has 14 heavy (non-hydrogen) atoms. The van der Waals surface area contributed by atoms with E-state index in [2.05, 4.69) is 5.32 Å². The third-order valence-electron chi connectivity index (χ3n) is 2.86. The number of hydrogen-bond donors (Lipinski definition) is 2. The zero-order valence-corrected chi connectivity index (χ0v) is 8.37.